The maximum absolute atomic E-state index is 14.0. The van der Waals surface area contributed by atoms with Crippen molar-refractivity contribution in [2.45, 2.75) is 32.3 Å². The molecule has 1 aromatic carbocycles. The number of hydrogen-bond acceptors (Lipinski definition) is 2. The van der Waals surface area contributed by atoms with Crippen molar-refractivity contribution in [2.24, 2.45) is 5.41 Å². The zero-order chi connectivity index (χ0) is 13.2. The molecule has 0 saturated carbocycles. The maximum atomic E-state index is 14.0. The minimum absolute atomic E-state index is 0.0256. The Balaban J connectivity index is 2.37. The van der Waals surface area contributed by atoms with Crippen LogP contribution in [0.5, 0.6) is 0 Å². The first-order valence-corrected chi connectivity index (χ1v) is 6.57. The zero-order valence-corrected chi connectivity index (χ0v) is 11.4. The fourth-order valence-corrected chi connectivity index (χ4v) is 2.99. The van der Waals surface area contributed by atoms with Gasteiger partial charge >= 0.3 is 0 Å². The van der Waals surface area contributed by atoms with Gasteiger partial charge in [-0.15, -0.1) is 0 Å². The Morgan fingerprint density at radius 2 is 2.17 bits per heavy atom. The quantitative estimate of drug-likeness (QED) is 0.892. The predicted octanol–water partition coefficient (Wildman–Crippen LogP) is 2.94. The van der Waals surface area contributed by atoms with Gasteiger partial charge in [0.1, 0.15) is 5.82 Å². The third-order valence-corrected chi connectivity index (χ3v) is 4.55. The van der Waals surface area contributed by atoms with Crippen LogP contribution in [0.25, 0.3) is 0 Å². The molecule has 0 aromatic heterocycles. The maximum Gasteiger partial charge on any atom is 0.126 e. The standard InChI is InChI=1S/C15H22FNO/c1-11(18-3)15(2)8-9-17-10-13(15)12-6-4-5-7-14(12)16/h4-7,11,13,17H,8-10H2,1-3H3. The molecule has 3 heteroatoms. The van der Waals surface area contributed by atoms with Gasteiger partial charge in [0.15, 0.2) is 0 Å². The lowest BCUT2D eigenvalue weighted by molar-refractivity contribution is -0.0214. The van der Waals surface area contributed by atoms with Gasteiger partial charge in [0.05, 0.1) is 6.10 Å². The van der Waals surface area contributed by atoms with Gasteiger partial charge in [0.2, 0.25) is 0 Å². The predicted molar refractivity (Wildman–Crippen MR) is 71.2 cm³/mol. The van der Waals surface area contributed by atoms with Crippen molar-refractivity contribution in [1.82, 2.24) is 5.32 Å². The highest BCUT2D eigenvalue weighted by atomic mass is 19.1. The molecule has 0 aliphatic carbocycles. The largest absolute Gasteiger partial charge is 0.381 e. The van der Waals surface area contributed by atoms with Crippen LogP contribution in [0, 0.1) is 11.2 Å². The van der Waals surface area contributed by atoms with Crippen LogP contribution in [0.3, 0.4) is 0 Å². The van der Waals surface area contributed by atoms with Gasteiger partial charge in [-0.05, 0) is 31.5 Å². The molecule has 0 spiro atoms. The average Bonchev–Trinajstić information content (AvgIpc) is 2.39. The lowest BCUT2D eigenvalue weighted by Gasteiger charge is -2.45. The topological polar surface area (TPSA) is 21.3 Å². The van der Waals surface area contributed by atoms with Crippen LogP contribution in [-0.2, 0) is 4.74 Å². The van der Waals surface area contributed by atoms with E-state index < -0.39 is 0 Å². The summed E-state index contributed by atoms with van der Waals surface area (Å²) in [6.45, 7) is 6.07. The first-order chi connectivity index (χ1) is 8.59. The van der Waals surface area contributed by atoms with E-state index in [9.17, 15) is 4.39 Å². The second-order valence-corrected chi connectivity index (χ2v) is 5.41. The van der Waals surface area contributed by atoms with Crippen molar-refractivity contribution in [3.05, 3.63) is 35.6 Å². The van der Waals surface area contributed by atoms with E-state index in [1.165, 1.54) is 0 Å². The summed E-state index contributed by atoms with van der Waals surface area (Å²) >= 11 is 0. The summed E-state index contributed by atoms with van der Waals surface area (Å²) in [6, 6.07) is 7.09. The summed E-state index contributed by atoms with van der Waals surface area (Å²) in [6.07, 6.45) is 1.12. The van der Waals surface area contributed by atoms with Crippen LogP contribution in [0.4, 0.5) is 4.39 Å². The van der Waals surface area contributed by atoms with E-state index >= 15 is 0 Å². The molecule has 1 aliphatic rings. The van der Waals surface area contributed by atoms with Crippen molar-refractivity contribution in [2.75, 3.05) is 20.2 Å². The summed E-state index contributed by atoms with van der Waals surface area (Å²) in [5.74, 6) is 0.0446. The highest BCUT2D eigenvalue weighted by Gasteiger charge is 2.42. The Kier molecular flexibility index (Phi) is 4.03. The fourth-order valence-electron chi connectivity index (χ4n) is 2.99. The van der Waals surface area contributed by atoms with E-state index in [1.54, 1.807) is 19.2 Å². The second-order valence-electron chi connectivity index (χ2n) is 5.41. The first kappa shape index (κ1) is 13.5. The number of piperidine rings is 1. The van der Waals surface area contributed by atoms with Gasteiger partial charge in [-0.3, -0.25) is 0 Å². The van der Waals surface area contributed by atoms with E-state index in [0.717, 1.165) is 25.1 Å². The van der Waals surface area contributed by atoms with Crippen molar-refractivity contribution in [3.8, 4) is 0 Å². The molecular weight excluding hydrogens is 229 g/mol. The Bertz CT molecular complexity index is 409. The highest BCUT2D eigenvalue weighted by Crippen LogP contribution is 2.44. The summed E-state index contributed by atoms with van der Waals surface area (Å²) in [4.78, 5) is 0. The molecule has 3 unspecified atom stereocenters. The van der Waals surface area contributed by atoms with Gasteiger partial charge < -0.3 is 10.1 Å². The van der Waals surface area contributed by atoms with Crippen LogP contribution in [-0.4, -0.2) is 26.3 Å². The smallest absolute Gasteiger partial charge is 0.126 e. The Hall–Kier alpha value is -0.930. The van der Waals surface area contributed by atoms with Gasteiger partial charge in [0, 0.05) is 25.0 Å². The minimum atomic E-state index is -0.110. The first-order valence-electron chi connectivity index (χ1n) is 6.57. The van der Waals surface area contributed by atoms with E-state index in [1.807, 2.05) is 12.1 Å². The molecule has 1 N–H and O–H groups in total. The number of rotatable bonds is 3. The number of halogens is 1. The molecule has 2 nitrogen and oxygen atoms in total. The number of benzene rings is 1. The van der Waals surface area contributed by atoms with E-state index in [-0.39, 0.29) is 23.3 Å². The third-order valence-electron chi connectivity index (χ3n) is 4.55. The van der Waals surface area contributed by atoms with Gasteiger partial charge in [-0.1, -0.05) is 25.1 Å². The Morgan fingerprint density at radius 1 is 1.44 bits per heavy atom. The highest BCUT2D eigenvalue weighted by molar-refractivity contribution is 5.26. The molecule has 1 aromatic rings. The molecule has 2 rings (SSSR count). The molecule has 18 heavy (non-hydrogen) atoms. The van der Waals surface area contributed by atoms with Crippen LogP contribution >= 0.6 is 0 Å². The van der Waals surface area contributed by atoms with E-state index in [0.29, 0.717) is 0 Å². The SMILES string of the molecule is COC(C)C1(C)CCNCC1c1ccccc1F. The third kappa shape index (κ3) is 2.29. The summed E-state index contributed by atoms with van der Waals surface area (Å²) in [5.41, 5.74) is 0.776. The zero-order valence-electron chi connectivity index (χ0n) is 11.4. The fraction of sp³-hybridized carbons (Fsp3) is 0.600. The molecule has 1 fully saturated rings. The molecule has 100 valence electrons. The van der Waals surface area contributed by atoms with Crippen molar-refractivity contribution < 1.29 is 9.13 Å². The van der Waals surface area contributed by atoms with Gasteiger partial charge in [-0.2, -0.15) is 0 Å². The summed E-state index contributed by atoms with van der Waals surface area (Å²) in [7, 11) is 1.73. The van der Waals surface area contributed by atoms with Crippen molar-refractivity contribution in [1.29, 1.82) is 0 Å². The van der Waals surface area contributed by atoms with Gasteiger partial charge in [0.25, 0.3) is 0 Å². The summed E-state index contributed by atoms with van der Waals surface area (Å²) in [5, 5.41) is 3.37. The number of ether oxygens (including phenoxy) is 1. The molecule has 3 atom stereocenters. The van der Waals surface area contributed by atoms with Crippen molar-refractivity contribution in [3.63, 3.8) is 0 Å². The van der Waals surface area contributed by atoms with Crippen LogP contribution in [0.15, 0.2) is 24.3 Å². The monoisotopic (exact) mass is 251 g/mol. The van der Waals surface area contributed by atoms with Gasteiger partial charge in [-0.25, -0.2) is 4.39 Å². The lowest BCUT2D eigenvalue weighted by atomic mass is 9.66. The van der Waals surface area contributed by atoms with E-state index in [2.05, 4.69) is 19.2 Å². The van der Waals surface area contributed by atoms with Crippen LogP contribution in [0.1, 0.15) is 31.7 Å². The molecule has 0 amide bonds. The number of methoxy groups -OCH3 is 1. The Labute approximate surface area is 109 Å². The Morgan fingerprint density at radius 3 is 2.83 bits per heavy atom. The number of nitrogens with one attached hydrogen (secondary N) is 1. The molecule has 1 aliphatic heterocycles. The van der Waals surface area contributed by atoms with Crippen LogP contribution in [0.2, 0.25) is 0 Å². The number of hydrogen-bond donors (Lipinski definition) is 1. The molecule has 1 saturated heterocycles. The summed E-state index contributed by atoms with van der Waals surface area (Å²) < 4.78 is 19.6. The van der Waals surface area contributed by atoms with Crippen molar-refractivity contribution >= 4 is 0 Å². The molecule has 0 bridgehead atoms. The normalized spacial score (nSPS) is 30.1. The molecule has 0 radical (unpaired) electrons. The van der Waals surface area contributed by atoms with Crippen LogP contribution < -0.4 is 5.32 Å². The molecular formula is C15H22FNO. The minimum Gasteiger partial charge on any atom is -0.381 e. The molecule has 1 heterocycles. The lowest BCUT2D eigenvalue weighted by Crippen LogP contribution is -2.48. The second kappa shape index (κ2) is 5.37. The van der Waals surface area contributed by atoms with E-state index in [4.69, 9.17) is 4.74 Å². The average molecular weight is 251 g/mol.